The normalized spacial score (nSPS) is 19.6. The molecule has 3 aromatic heterocycles. The number of hydrogen-bond donors (Lipinski definition) is 2. The molecule has 0 unspecified atom stereocenters. The van der Waals surface area contributed by atoms with Crippen molar-refractivity contribution in [3.05, 3.63) is 84.3 Å². The van der Waals surface area contributed by atoms with Crippen molar-refractivity contribution in [2.24, 2.45) is 12.5 Å². The molecule has 0 radical (unpaired) electrons. The van der Waals surface area contributed by atoms with Crippen molar-refractivity contribution >= 4 is 39.4 Å². The molecule has 0 amide bonds. The number of benzene rings is 2. The fourth-order valence-corrected chi connectivity index (χ4v) is 7.99. The summed E-state index contributed by atoms with van der Waals surface area (Å²) >= 11 is 0. The first-order chi connectivity index (χ1) is 25.5. The summed E-state index contributed by atoms with van der Waals surface area (Å²) in [4.78, 5) is 33.6. The molecule has 4 heterocycles. The minimum atomic E-state index is -2.95. The lowest BCUT2D eigenvalue weighted by molar-refractivity contribution is -0.155. The monoisotopic (exact) mass is 726 g/mol. The quantitative estimate of drug-likeness (QED) is 0.113. The Balaban J connectivity index is 0.712. The van der Waals surface area contributed by atoms with Crippen LogP contribution in [0.4, 0.5) is 14.5 Å². The van der Waals surface area contributed by atoms with E-state index >= 15 is 0 Å². The van der Waals surface area contributed by atoms with Crippen LogP contribution in [0.5, 0.6) is 5.88 Å². The van der Waals surface area contributed by atoms with Gasteiger partial charge in [-0.25, -0.2) is 23.4 Å². The molecular formula is C40H40F2N4O7. The molecule has 2 saturated carbocycles. The molecule has 5 aromatic rings. The first-order valence-corrected chi connectivity index (χ1v) is 17.9. The Morgan fingerprint density at radius 3 is 2.38 bits per heavy atom. The number of carboxylic acids is 2. The van der Waals surface area contributed by atoms with Crippen LogP contribution in [0.15, 0.2) is 73.2 Å². The smallest absolute Gasteiger partial charge is 0.336 e. The van der Waals surface area contributed by atoms with Crippen molar-refractivity contribution in [1.29, 1.82) is 0 Å². The van der Waals surface area contributed by atoms with Gasteiger partial charge >= 0.3 is 11.9 Å². The summed E-state index contributed by atoms with van der Waals surface area (Å²) in [6, 6.07) is 16.5. The summed E-state index contributed by atoms with van der Waals surface area (Å²) in [5, 5.41) is 20.9. The Morgan fingerprint density at radius 1 is 0.868 bits per heavy atom. The zero-order chi connectivity index (χ0) is 36.9. The van der Waals surface area contributed by atoms with Gasteiger partial charge in [-0.3, -0.25) is 4.98 Å². The Labute approximate surface area is 304 Å². The average Bonchev–Trinajstić information content (AvgIpc) is 3.38. The number of aromatic carboxylic acids is 2. The number of anilines is 1. The minimum Gasteiger partial charge on any atom is -0.478 e. The number of rotatable bonds is 14. The van der Waals surface area contributed by atoms with E-state index in [1.165, 1.54) is 12.1 Å². The predicted molar refractivity (Wildman–Crippen MR) is 193 cm³/mol. The predicted octanol–water partition coefficient (Wildman–Crippen LogP) is 7.21. The van der Waals surface area contributed by atoms with Crippen molar-refractivity contribution in [2.45, 2.75) is 62.8 Å². The number of carboxylic acid groups (broad SMARTS) is 2. The third-order valence-electron chi connectivity index (χ3n) is 11.0. The van der Waals surface area contributed by atoms with Crippen LogP contribution in [0.1, 0.15) is 59.2 Å². The Kier molecular flexibility index (Phi) is 9.02. The van der Waals surface area contributed by atoms with E-state index in [9.17, 15) is 28.6 Å². The van der Waals surface area contributed by atoms with Crippen LogP contribution >= 0.6 is 0 Å². The van der Waals surface area contributed by atoms with E-state index in [1.807, 2.05) is 35.5 Å². The van der Waals surface area contributed by atoms with Gasteiger partial charge in [0.15, 0.2) is 0 Å². The van der Waals surface area contributed by atoms with Crippen LogP contribution in [0.25, 0.3) is 32.9 Å². The number of halogens is 2. The molecule has 276 valence electrons. The standard InChI is InChI=1S/C40H40F2N4O7/c1-45-34-9-11-43-20-33(34)30-6-3-24(13-35(30)45)25-4-8-36(44-19-25)53-28-15-27(16-28)51-12-2-10-40(41,42)23-52-29-17-39(18-29)21-46(22-39)26-5-7-31(37(47)48)32(14-26)38(49)50/h3-9,11,13-14,19-20,27-29H,2,10,12,15-18,21-23H2,1H3,(H,47,48)(H,49,50). The van der Waals surface area contributed by atoms with Gasteiger partial charge in [0.05, 0.1) is 28.9 Å². The highest BCUT2D eigenvalue weighted by molar-refractivity contribution is 6.08. The average molecular weight is 727 g/mol. The summed E-state index contributed by atoms with van der Waals surface area (Å²) in [6.07, 6.45) is 7.83. The molecule has 13 heteroatoms. The number of aryl methyl sites for hydroxylation is 1. The molecule has 3 aliphatic rings. The lowest BCUT2D eigenvalue weighted by Crippen LogP contribution is -2.64. The molecule has 2 aliphatic carbocycles. The number of ether oxygens (including phenoxy) is 3. The van der Waals surface area contributed by atoms with Gasteiger partial charge in [0, 0.05) is 104 Å². The summed E-state index contributed by atoms with van der Waals surface area (Å²) < 4.78 is 48.8. The topological polar surface area (TPSA) is 136 Å². The third kappa shape index (κ3) is 7.03. The molecule has 1 spiro atoms. The third-order valence-corrected chi connectivity index (χ3v) is 11.0. The van der Waals surface area contributed by atoms with E-state index in [0.29, 0.717) is 50.3 Å². The number of hydrogen-bond acceptors (Lipinski definition) is 8. The van der Waals surface area contributed by atoms with E-state index in [0.717, 1.165) is 32.9 Å². The highest BCUT2D eigenvalue weighted by Gasteiger charge is 2.53. The summed E-state index contributed by atoms with van der Waals surface area (Å²) in [5.41, 5.74) is 4.38. The van der Waals surface area contributed by atoms with Gasteiger partial charge in [-0.15, -0.1) is 0 Å². The van der Waals surface area contributed by atoms with Crippen LogP contribution in [0.3, 0.4) is 0 Å². The highest BCUT2D eigenvalue weighted by atomic mass is 19.3. The zero-order valence-corrected chi connectivity index (χ0v) is 29.2. The molecule has 11 nitrogen and oxygen atoms in total. The van der Waals surface area contributed by atoms with Gasteiger partial charge in [0.25, 0.3) is 5.92 Å². The second-order valence-electron chi connectivity index (χ2n) is 14.8. The SMILES string of the molecule is Cn1c2ccncc2c2ccc(-c3ccc(OC4CC(OCCCC(F)(F)COC5CC6(C5)CN(c5ccc(C(=O)O)c(C(=O)O)c5)C6)C4)nc3)cc21. The number of carbonyl (C=O) groups is 2. The molecule has 3 fully saturated rings. The highest BCUT2D eigenvalue weighted by Crippen LogP contribution is 2.51. The van der Waals surface area contributed by atoms with Crippen molar-refractivity contribution in [1.82, 2.24) is 14.5 Å². The van der Waals surface area contributed by atoms with E-state index < -0.39 is 24.5 Å². The number of pyridine rings is 2. The van der Waals surface area contributed by atoms with E-state index in [1.54, 1.807) is 12.3 Å². The maximum atomic E-state index is 14.6. The van der Waals surface area contributed by atoms with Crippen LogP contribution in [-0.4, -0.2) is 87.2 Å². The van der Waals surface area contributed by atoms with Gasteiger partial charge in [0.2, 0.25) is 5.88 Å². The Morgan fingerprint density at radius 2 is 1.64 bits per heavy atom. The van der Waals surface area contributed by atoms with Gasteiger partial charge in [-0.1, -0.05) is 12.1 Å². The lowest BCUT2D eigenvalue weighted by atomic mass is 9.61. The van der Waals surface area contributed by atoms with Crippen LogP contribution in [-0.2, 0) is 16.5 Å². The van der Waals surface area contributed by atoms with Crippen LogP contribution in [0, 0.1) is 5.41 Å². The van der Waals surface area contributed by atoms with E-state index in [2.05, 4.69) is 39.8 Å². The number of fused-ring (bicyclic) bond motifs is 3. The van der Waals surface area contributed by atoms with Gasteiger partial charge in [-0.2, -0.15) is 0 Å². The maximum Gasteiger partial charge on any atom is 0.336 e. The molecule has 1 saturated heterocycles. The number of nitrogens with zero attached hydrogens (tertiary/aromatic N) is 4. The second kappa shape index (κ2) is 13.7. The molecule has 2 aromatic carbocycles. The number of aromatic nitrogens is 3. The minimum absolute atomic E-state index is 0.0223. The maximum absolute atomic E-state index is 14.6. The first kappa shape index (κ1) is 34.9. The molecule has 8 rings (SSSR count). The summed E-state index contributed by atoms with van der Waals surface area (Å²) in [6.45, 7) is 0.905. The summed E-state index contributed by atoms with van der Waals surface area (Å²) in [5.74, 6) is -5.00. The second-order valence-corrected chi connectivity index (χ2v) is 14.8. The largest absolute Gasteiger partial charge is 0.478 e. The zero-order valence-electron chi connectivity index (χ0n) is 29.2. The molecule has 1 aliphatic heterocycles. The Hall–Kier alpha value is -5.14. The van der Waals surface area contributed by atoms with Crippen molar-refractivity contribution in [3.8, 4) is 17.0 Å². The molecule has 0 bridgehead atoms. The fraction of sp³-hybridized carbons (Fsp3) is 0.400. The van der Waals surface area contributed by atoms with Crippen LogP contribution < -0.4 is 9.64 Å². The van der Waals surface area contributed by atoms with Crippen LogP contribution in [0.2, 0.25) is 0 Å². The van der Waals surface area contributed by atoms with Gasteiger partial charge < -0.3 is 33.9 Å². The Bertz CT molecular complexity index is 2170. The van der Waals surface area contributed by atoms with Gasteiger partial charge in [-0.05, 0) is 61.2 Å². The first-order valence-electron chi connectivity index (χ1n) is 17.9. The van der Waals surface area contributed by atoms with E-state index in [4.69, 9.17) is 14.2 Å². The fourth-order valence-electron chi connectivity index (χ4n) is 7.99. The molecule has 0 atom stereocenters. The summed E-state index contributed by atoms with van der Waals surface area (Å²) in [7, 11) is 2.05. The molecular weight excluding hydrogens is 686 g/mol. The lowest BCUT2D eigenvalue weighted by Gasteiger charge is -2.59. The number of alkyl halides is 2. The van der Waals surface area contributed by atoms with Crippen molar-refractivity contribution in [2.75, 3.05) is 31.2 Å². The molecule has 53 heavy (non-hydrogen) atoms. The molecule has 2 N–H and O–H groups in total. The van der Waals surface area contributed by atoms with Gasteiger partial charge in [0.1, 0.15) is 12.7 Å². The van der Waals surface area contributed by atoms with Crippen molar-refractivity contribution in [3.63, 3.8) is 0 Å². The van der Waals surface area contributed by atoms with Crippen molar-refractivity contribution < 1.29 is 42.8 Å². The van der Waals surface area contributed by atoms with E-state index in [-0.39, 0.29) is 54.3 Å².